The van der Waals surface area contributed by atoms with Crippen molar-refractivity contribution in [1.82, 2.24) is 0 Å². The van der Waals surface area contributed by atoms with Crippen molar-refractivity contribution in [2.24, 2.45) is 0 Å². The number of hydrogen-bond donors (Lipinski definition) is 1. The maximum atomic E-state index is 13.1. The van der Waals surface area contributed by atoms with Gasteiger partial charge in [-0.2, -0.15) is 13.2 Å². The molecule has 0 amide bonds. The van der Waals surface area contributed by atoms with Gasteiger partial charge in [0.25, 0.3) is 0 Å². The molecule has 1 aromatic carbocycles. The zero-order valence-electron chi connectivity index (χ0n) is 11.5. The Morgan fingerprint density at radius 3 is 2.40 bits per heavy atom. The van der Waals surface area contributed by atoms with Crippen LogP contribution in [-0.2, 0) is 6.18 Å². The lowest BCUT2D eigenvalue weighted by molar-refractivity contribution is -0.137. The monoisotopic (exact) mass is 289 g/mol. The third-order valence-corrected chi connectivity index (χ3v) is 3.05. The van der Waals surface area contributed by atoms with Crippen molar-refractivity contribution >= 4 is 11.7 Å². The first kappa shape index (κ1) is 16.3. The number of unbranched alkanes of at least 4 members (excludes halogenated alkanes) is 1. The highest BCUT2D eigenvalue weighted by atomic mass is 19.4. The lowest BCUT2D eigenvalue weighted by atomic mass is 10.1. The van der Waals surface area contributed by atoms with E-state index in [2.05, 4.69) is 0 Å². The molecule has 0 fully saturated rings. The normalized spacial score (nSPS) is 11.4. The van der Waals surface area contributed by atoms with Crippen LogP contribution in [0.2, 0.25) is 0 Å². The summed E-state index contributed by atoms with van der Waals surface area (Å²) in [5.74, 6) is -1.36. The molecule has 3 nitrogen and oxygen atoms in total. The summed E-state index contributed by atoms with van der Waals surface area (Å²) in [5.41, 5.74) is -1.21. The number of carbonyl (C=O) groups is 1. The minimum absolute atomic E-state index is 0.0402. The SMILES string of the molecule is CCCCN(CC)c1ccc(C(=O)O)cc1C(F)(F)F. The molecular weight excluding hydrogens is 271 g/mol. The molecule has 0 aliphatic heterocycles. The largest absolute Gasteiger partial charge is 0.478 e. The second-order valence-electron chi connectivity index (χ2n) is 4.47. The van der Waals surface area contributed by atoms with Crippen LogP contribution in [-0.4, -0.2) is 24.2 Å². The molecule has 112 valence electrons. The summed E-state index contributed by atoms with van der Waals surface area (Å²) >= 11 is 0. The first-order chi connectivity index (χ1) is 9.31. The molecular formula is C14H18F3NO2. The summed E-state index contributed by atoms with van der Waals surface area (Å²) < 4.78 is 39.3. The van der Waals surface area contributed by atoms with Crippen molar-refractivity contribution in [3.8, 4) is 0 Å². The molecule has 0 saturated heterocycles. The zero-order valence-corrected chi connectivity index (χ0v) is 11.5. The molecule has 1 aromatic rings. The van der Waals surface area contributed by atoms with Gasteiger partial charge in [-0.15, -0.1) is 0 Å². The number of nitrogens with zero attached hydrogens (tertiary/aromatic N) is 1. The van der Waals surface area contributed by atoms with E-state index in [1.54, 1.807) is 11.8 Å². The molecule has 0 bridgehead atoms. The second-order valence-corrected chi connectivity index (χ2v) is 4.47. The van der Waals surface area contributed by atoms with Crippen molar-refractivity contribution in [3.63, 3.8) is 0 Å². The summed E-state index contributed by atoms with van der Waals surface area (Å²) in [6.45, 7) is 4.70. The Labute approximate surface area is 116 Å². The summed E-state index contributed by atoms with van der Waals surface area (Å²) in [6, 6.07) is 3.15. The number of rotatable bonds is 6. The molecule has 0 aliphatic rings. The number of hydrogen-bond acceptors (Lipinski definition) is 2. The summed E-state index contributed by atoms with van der Waals surface area (Å²) in [6.07, 6.45) is -2.91. The van der Waals surface area contributed by atoms with Crippen LogP contribution in [0.5, 0.6) is 0 Å². The van der Waals surface area contributed by atoms with Gasteiger partial charge in [0.05, 0.1) is 11.1 Å². The van der Waals surface area contributed by atoms with Crippen molar-refractivity contribution in [2.75, 3.05) is 18.0 Å². The lowest BCUT2D eigenvalue weighted by Gasteiger charge is -2.26. The Bertz CT molecular complexity index is 472. The van der Waals surface area contributed by atoms with Gasteiger partial charge in [-0.1, -0.05) is 13.3 Å². The van der Waals surface area contributed by atoms with Gasteiger partial charge in [-0.25, -0.2) is 4.79 Å². The molecule has 0 aliphatic carbocycles. The molecule has 0 atom stereocenters. The number of anilines is 1. The first-order valence-corrected chi connectivity index (χ1v) is 6.50. The van der Waals surface area contributed by atoms with Gasteiger partial charge in [0.1, 0.15) is 0 Å². The number of benzene rings is 1. The molecule has 0 aromatic heterocycles. The fourth-order valence-corrected chi connectivity index (χ4v) is 1.97. The number of alkyl halides is 3. The van der Waals surface area contributed by atoms with Crippen LogP contribution in [0.15, 0.2) is 18.2 Å². The Morgan fingerprint density at radius 1 is 1.30 bits per heavy atom. The third kappa shape index (κ3) is 3.88. The maximum absolute atomic E-state index is 13.1. The molecule has 20 heavy (non-hydrogen) atoms. The van der Waals surface area contributed by atoms with Crippen molar-refractivity contribution < 1.29 is 23.1 Å². The topological polar surface area (TPSA) is 40.5 Å². The molecule has 1 N–H and O–H groups in total. The summed E-state index contributed by atoms with van der Waals surface area (Å²) in [4.78, 5) is 12.4. The summed E-state index contributed by atoms with van der Waals surface area (Å²) in [7, 11) is 0. The number of carboxylic acids is 1. The zero-order chi connectivity index (χ0) is 15.3. The van der Waals surface area contributed by atoms with E-state index >= 15 is 0 Å². The van der Waals surface area contributed by atoms with E-state index in [4.69, 9.17) is 5.11 Å². The van der Waals surface area contributed by atoms with E-state index in [1.807, 2.05) is 6.92 Å². The molecule has 0 radical (unpaired) electrons. The van der Waals surface area contributed by atoms with E-state index < -0.39 is 17.7 Å². The second kappa shape index (κ2) is 6.63. The van der Waals surface area contributed by atoms with Gasteiger partial charge in [0, 0.05) is 18.8 Å². The van der Waals surface area contributed by atoms with E-state index in [-0.39, 0.29) is 11.3 Å². The van der Waals surface area contributed by atoms with Crippen LogP contribution in [0.1, 0.15) is 42.6 Å². The fourth-order valence-electron chi connectivity index (χ4n) is 1.97. The molecule has 0 saturated carbocycles. The van der Waals surface area contributed by atoms with Crippen LogP contribution >= 0.6 is 0 Å². The molecule has 6 heteroatoms. The van der Waals surface area contributed by atoms with Crippen LogP contribution in [0, 0.1) is 0 Å². The fraction of sp³-hybridized carbons (Fsp3) is 0.500. The average Bonchev–Trinajstić information content (AvgIpc) is 2.38. The highest BCUT2D eigenvalue weighted by Gasteiger charge is 2.35. The smallest absolute Gasteiger partial charge is 0.418 e. The highest BCUT2D eigenvalue weighted by molar-refractivity contribution is 5.88. The standard InChI is InChI=1S/C14H18F3NO2/c1-3-5-8-18(4-2)12-7-6-10(13(19)20)9-11(12)14(15,16)17/h6-7,9H,3-5,8H2,1-2H3,(H,19,20). The summed E-state index contributed by atoms with van der Waals surface area (Å²) in [5, 5.41) is 8.82. The van der Waals surface area contributed by atoms with E-state index in [1.165, 1.54) is 12.1 Å². The van der Waals surface area contributed by atoms with Gasteiger partial charge < -0.3 is 10.0 Å². The third-order valence-electron chi connectivity index (χ3n) is 3.05. The first-order valence-electron chi connectivity index (χ1n) is 6.50. The van der Waals surface area contributed by atoms with E-state index in [0.29, 0.717) is 19.2 Å². The van der Waals surface area contributed by atoms with Crippen LogP contribution < -0.4 is 4.90 Å². The van der Waals surface area contributed by atoms with Crippen molar-refractivity contribution in [1.29, 1.82) is 0 Å². The predicted octanol–water partition coefficient (Wildman–Crippen LogP) is 4.03. The Morgan fingerprint density at radius 2 is 1.95 bits per heavy atom. The maximum Gasteiger partial charge on any atom is 0.418 e. The van der Waals surface area contributed by atoms with Crippen LogP contribution in [0.3, 0.4) is 0 Å². The van der Waals surface area contributed by atoms with E-state index in [9.17, 15) is 18.0 Å². The van der Waals surface area contributed by atoms with Crippen molar-refractivity contribution in [2.45, 2.75) is 32.9 Å². The quantitative estimate of drug-likeness (QED) is 0.859. The predicted molar refractivity (Wildman–Crippen MR) is 71.2 cm³/mol. The van der Waals surface area contributed by atoms with Crippen LogP contribution in [0.4, 0.5) is 18.9 Å². The highest BCUT2D eigenvalue weighted by Crippen LogP contribution is 2.37. The van der Waals surface area contributed by atoms with Crippen LogP contribution in [0.25, 0.3) is 0 Å². The minimum Gasteiger partial charge on any atom is -0.478 e. The molecule has 0 unspecified atom stereocenters. The van der Waals surface area contributed by atoms with Crippen molar-refractivity contribution in [3.05, 3.63) is 29.3 Å². The average molecular weight is 289 g/mol. The Balaban J connectivity index is 3.26. The van der Waals surface area contributed by atoms with Gasteiger partial charge in [0.2, 0.25) is 0 Å². The molecule has 0 heterocycles. The van der Waals surface area contributed by atoms with Gasteiger partial charge in [0.15, 0.2) is 0 Å². The Hall–Kier alpha value is -1.72. The van der Waals surface area contributed by atoms with E-state index in [0.717, 1.165) is 12.8 Å². The minimum atomic E-state index is -4.57. The van der Waals surface area contributed by atoms with Gasteiger partial charge in [-0.3, -0.25) is 0 Å². The number of aromatic carboxylic acids is 1. The number of halogens is 3. The van der Waals surface area contributed by atoms with Gasteiger partial charge >= 0.3 is 12.1 Å². The van der Waals surface area contributed by atoms with Gasteiger partial charge in [-0.05, 0) is 31.5 Å². The Kier molecular flexibility index (Phi) is 5.42. The number of carboxylic acid groups (broad SMARTS) is 1. The lowest BCUT2D eigenvalue weighted by Crippen LogP contribution is -2.27. The molecule has 1 rings (SSSR count). The molecule has 0 spiro atoms.